The number of hydrogen-bond acceptors (Lipinski definition) is 2. The third kappa shape index (κ3) is 2.19. The van der Waals surface area contributed by atoms with Crippen LogP contribution in [0.4, 0.5) is 0 Å². The fourth-order valence-electron chi connectivity index (χ4n) is 1.20. The second kappa shape index (κ2) is 2.44. The summed E-state index contributed by atoms with van der Waals surface area (Å²) in [6.07, 6.45) is 3.21. The lowest BCUT2D eigenvalue weighted by atomic mass is 10.1. The number of aliphatic hydroxyl groups is 2. The lowest BCUT2D eigenvalue weighted by Gasteiger charge is -2.31. The lowest BCUT2D eigenvalue weighted by Crippen LogP contribution is -2.35. The van der Waals surface area contributed by atoms with Crippen molar-refractivity contribution < 1.29 is 10.2 Å². The standard InChI is InChI=1S/C7H16O2P/c1-10(2)5-3-7(8,9)4-6-10/h8-9H,3-6H2,1-2H3/q+1. The third-order valence-corrected chi connectivity index (χ3v) is 5.10. The van der Waals surface area contributed by atoms with Crippen LogP contribution in [0.15, 0.2) is 0 Å². The summed E-state index contributed by atoms with van der Waals surface area (Å²) in [5, 5.41) is 18.4. The van der Waals surface area contributed by atoms with Gasteiger partial charge in [-0.1, -0.05) is 0 Å². The molecule has 1 aliphatic rings. The molecular weight excluding hydrogens is 147 g/mol. The zero-order valence-electron chi connectivity index (χ0n) is 6.67. The van der Waals surface area contributed by atoms with E-state index in [2.05, 4.69) is 13.3 Å². The van der Waals surface area contributed by atoms with Crippen LogP contribution >= 0.6 is 7.26 Å². The van der Waals surface area contributed by atoms with Crippen molar-refractivity contribution in [2.24, 2.45) is 0 Å². The second-order valence-electron chi connectivity index (χ2n) is 3.87. The Labute approximate surface area is 62.6 Å². The molecule has 1 aliphatic heterocycles. The van der Waals surface area contributed by atoms with Crippen LogP contribution in [0.5, 0.6) is 0 Å². The van der Waals surface area contributed by atoms with Gasteiger partial charge in [0.25, 0.3) is 0 Å². The SMILES string of the molecule is C[P+]1(C)CCC(O)(O)CC1. The van der Waals surface area contributed by atoms with Gasteiger partial charge >= 0.3 is 0 Å². The summed E-state index contributed by atoms with van der Waals surface area (Å²) < 4.78 is 0. The Morgan fingerprint density at radius 1 is 1.10 bits per heavy atom. The molecule has 0 radical (unpaired) electrons. The van der Waals surface area contributed by atoms with Crippen LogP contribution in [0.2, 0.25) is 0 Å². The van der Waals surface area contributed by atoms with Crippen LogP contribution in [0.1, 0.15) is 12.8 Å². The molecule has 1 saturated heterocycles. The largest absolute Gasteiger partial charge is 0.365 e. The molecule has 0 atom stereocenters. The van der Waals surface area contributed by atoms with E-state index >= 15 is 0 Å². The summed E-state index contributed by atoms with van der Waals surface area (Å²) in [6, 6.07) is 0. The molecule has 10 heavy (non-hydrogen) atoms. The molecule has 0 bridgehead atoms. The Morgan fingerprint density at radius 3 is 1.80 bits per heavy atom. The number of rotatable bonds is 0. The van der Waals surface area contributed by atoms with Gasteiger partial charge in [0, 0.05) is 33.4 Å². The van der Waals surface area contributed by atoms with Crippen molar-refractivity contribution in [3.8, 4) is 0 Å². The fourth-order valence-corrected chi connectivity index (χ4v) is 3.35. The van der Waals surface area contributed by atoms with E-state index in [4.69, 9.17) is 0 Å². The summed E-state index contributed by atoms with van der Waals surface area (Å²) >= 11 is 0. The van der Waals surface area contributed by atoms with Gasteiger partial charge in [-0.05, 0) is 0 Å². The first-order valence-electron chi connectivity index (χ1n) is 3.68. The second-order valence-corrected chi connectivity index (χ2v) is 8.63. The molecule has 0 spiro atoms. The molecule has 0 aliphatic carbocycles. The molecule has 60 valence electrons. The van der Waals surface area contributed by atoms with Gasteiger partial charge < -0.3 is 10.2 Å². The van der Waals surface area contributed by atoms with Crippen molar-refractivity contribution in [2.75, 3.05) is 25.7 Å². The summed E-state index contributed by atoms with van der Waals surface area (Å²) in [4.78, 5) is 0. The van der Waals surface area contributed by atoms with Gasteiger partial charge in [0.15, 0.2) is 5.79 Å². The minimum absolute atomic E-state index is 0.577. The van der Waals surface area contributed by atoms with Gasteiger partial charge in [-0.15, -0.1) is 0 Å². The van der Waals surface area contributed by atoms with Crippen molar-refractivity contribution in [1.82, 2.24) is 0 Å². The monoisotopic (exact) mass is 163 g/mol. The first-order chi connectivity index (χ1) is 4.41. The van der Waals surface area contributed by atoms with Crippen LogP contribution < -0.4 is 0 Å². The maximum Gasteiger partial charge on any atom is 0.169 e. The van der Waals surface area contributed by atoms with E-state index < -0.39 is 13.0 Å². The highest BCUT2D eigenvalue weighted by molar-refractivity contribution is 7.74. The molecule has 0 unspecified atom stereocenters. The van der Waals surface area contributed by atoms with Crippen LogP contribution in [-0.2, 0) is 0 Å². The first-order valence-corrected chi connectivity index (χ1v) is 6.73. The van der Waals surface area contributed by atoms with Gasteiger partial charge in [0.1, 0.15) is 0 Å². The molecular formula is C7H16O2P+. The molecule has 1 heterocycles. The van der Waals surface area contributed by atoms with E-state index in [1.165, 1.54) is 0 Å². The molecule has 3 heteroatoms. The highest BCUT2D eigenvalue weighted by Gasteiger charge is 2.39. The Bertz CT molecular complexity index is 104. The van der Waals surface area contributed by atoms with Crippen LogP contribution in [0.25, 0.3) is 0 Å². The topological polar surface area (TPSA) is 40.5 Å². The lowest BCUT2D eigenvalue weighted by molar-refractivity contribution is -0.164. The summed E-state index contributed by atoms with van der Waals surface area (Å²) in [7, 11) is -0.737. The van der Waals surface area contributed by atoms with Crippen molar-refractivity contribution in [2.45, 2.75) is 18.6 Å². The van der Waals surface area contributed by atoms with Gasteiger partial charge in [-0.25, -0.2) is 0 Å². The average Bonchev–Trinajstić information content (AvgIpc) is 1.79. The minimum atomic E-state index is -1.34. The maximum atomic E-state index is 9.18. The van der Waals surface area contributed by atoms with E-state index in [-0.39, 0.29) is 0 Å². The smallest absolute Gasteiger partial charge is 0.169 e. The van der Waals surface area contributed by atoms with Crippen molar-refractivity contribution in [1.29, 1.82) is 0 Å². The molecule has 0 saturated carbocycles. The molecule has 0 aromatic carbocycles. The molecule has 0 amide bonds. The molecule has 0 aromatic heterocycles. The minimum Gasteiger partial charge on any atom is -0.365 e. The highest BCUT2D eigenvalue weighted by Crippen LogP contribution is 2.56. The van der Waals surface area contributed by atoms with Crippen LogP contribution in [0, 0.1) is 0 Å². The van der Waals surface area contributed by atoms with Gasteiger partial charge in [-0.3, -0.25) is 0 Å². The quantitative estimate of drug-likeness (QED) is 0.408. The summed E-state index contributed by atoms with van der Waals surface area (Å²) in [5.74, 6) is -1.34. The van der Waals surface area contributed by atoms with Gasteiger partial charge in [0.2, 0.25) is 0 Å². The fraction of sp³-hybridized carbons (Fsp3) is 1.00. The zero-order chi connectivity index (χ0) is 7.83. The Balaban J connectivity index is 2.46. The predicted molar refractivity (Wildman–Crippen MR) is 44.9 cm³/mol. The van der Waals surface area contributed by atoms with E-state index in [0.29, 0.717) is 12.8 Å². The third-order valence-electron chi connectivity index (χ3n) is 2.24. The van der Waals surface area contributed by atoms with E-state index in [1.807, 2.05) is 0 Å². The Morgan fingerprint density at radius 2 is 1.50 bits per heavy atom. The van der Waals surface area contributed by atoms with Gasteiger partial charge in [0.05, 0.1) is 12.3 Å². The van der Waals surface area contributed by atoms with Crippen LogP contribution in [-0.4, -0.2) is 41.7 Å². The Hall–Kier alpha value is 0.350. The number of hydrogen-bond donors (Lipinski definition) is 2. The molecule has 2 nitrogen and oxygen atoms in total. The van der Waals surface area contributed by atoms with Crippen molar-refractivity contribution in [3.63, 3.8) is 0 Å². The summed E-state index contributed by atoms with van der Waals surface area (Å²) in [5.41, 5.74) is 0. The van der Waals surface area contributed by atoms with E-state index in [1.54, 1.807) is 0 Å². The van der Waals surface area contributed by atoms with E-state index in [9.17, 15) is 10.2 Å². The summed E-state index contributed by atoms with van der Waals surface area (Å²) in [6.45, 7) is 4.56. The highest BCUT2D eigenvalue weighted by atomic mass is 31.2. The normalized spacial score (nSPS) is 30.0. The molecule has 2 N–H and O–H groups in total. The first kappa shape index (κ1) is 8.45. The van der Waals surface area contributed by atoms with Crippen LogP contribution in [0.3, 0.4) is 0 Å². The molecule has 1 fully saturated rings. The van der Waals surface area contributed by atoms with E-state index in [0.717, 1.165) is 12.3 Å². The average molecular weight is 163 g/mol. The van der Waals surface area contributed by atoms with Crippen molar-refractivity contribution in [3.05, 3.63) is 0 Å². The Kier molecular flexibility index (Phi) is 2.06. The molecule has 1 rings (SSSR count). The van der Waals surface area contributed by atoms with Crippen molar-refractivity contribution >= 4 is 7.26 Å². The maximum absolute atomic E-state index is 9.18. The zero-order valence-corrected chi connectivity index (χ0v) is 7.56. The molecule has 0 aromatic rings. The van der Waals surface area contributed by atoms with Gasteiger partial charge in [-0.2, -0.15) is 0 Å². The predicted octanol–water partition coefficient (Wildman–Crippen LogP) is 0.738.